The SMILES string of the molecule is CC(C)CN(C(=O)C(=O)NCc1cccc(CN)c1)c1ccc(-c2ccccc2S(N)(=O)=O)cc1. The molecule has 0 bridgehead atoms. The molecular formula is C26H30N4O4S. The first-order valence-electron chi connectivity index (χ1n) is 11.2. The van der Waals surface area contributed by atoms with Crippen LogP contribution in [0.5, 0.6) is 0 Å². The van der Waals surface area contributed by atoms with E-state index in [4.69, 9.17) is 10.9 Å². The van der Waals surface area contributed by atoms with E-state index < -0.39 is 21.8 Å². The van der Waals surface area contributed by atoms with Gasteiger partial charge in [-0.05, 0) is 40.8 Å². The number of hydrogen-bond donors (Lipinski definition) is 3. The summed E-state index contributed by atoms with van der Waals surface area (Å²) in [6.45, 7) is 4.83. The Kier molecular flexibility index (Phi) is 8.39. The van der Waals surface area contributed by atoms with E-state index in [9.17, 15) is 18.0 Å². The van der Waals surface area contributed by atoms with Crippen molar-refractivity contribution < 1.29 is 18.0 Å². The van der Waals surface area contributed by atoms with Gasteiger partial charge in [-0.25, -0.2) is 13.6 Å². The Morgan fingerprint density at radius 2 is 1.60 bits per heavy atom. The molecule has 9 heteroatoms. The molecule has 0 aromatic heterocycles. The molecule has 0 aliphatic heterocycles. The van der Waals surface area contributed by atoms with Gasteiger partial charge in [-0.3, -0.25) is 9.59 Å². The van der Waals surface area contributed by atoms with Crippen LogP contribution in [0.15, 0.2) is 77.7 Å². The van der Waals surface area contributed by atoms with Gasteiger partial charge in [0, 0.05) is 30.9 Å². The number of hydrogen-bond acceptors (Lipinski definition) is 5. The maximum absolute atomic E-state index is 13.1. The van der Waals surface area contributed by atoms with Crippen LogP contribution in [-0.4, -0.2) is 26.8 Å². The number of nitrogens with two attached hydrogens (primary N) is 2. The van der Waals surface area contributed by atoms with Crippen LogP contribution in [0.3, 0.4) is 0 Å². The van der Waals surface area contributed by atoms with Crippen molar-refractivity contribution in [3.05, 3.63) is 83.9 Å². The van der Waals surface area contributed by atoms with Gasteiger partial charge in [-0.1, -0.05) is 68.4 Å². The van der Waals surface area contributed by atoms with Crippen molar-refractivity contribution in [1.82, 2.24) is 5.32 Å². The Hall–Kier alpha value is -3.53. The summed E-state index contributed by atoms with van der Waals surface area (Å²) in [7, 11) is -3.91. The van der Waals surface area contributed by atoms with Gasteiger partial charge in [0.05, 0.1) is 4.90 Å². The smallest absolute Gasteiger partial charge is 0.316 e. The standard InChI is InChI=1S/C26H30N4O4S/c1-18(2)17-30(26(32)25(31)29-16-20-7-5-6-19(14-20)15-27)22-12-10-21(11-13-22)23-8-3-4-9-24(23)35(28,33)34/h3-14,18H,15-17,27H2,1-2H3,(H,29,31)(H2,28,33,34). The molecule has 5 N–H and O–H groups in total. The van der Waals surface area contributed by atoms with Crippen LogP contribution in [0.4, 0.5) is 5.69 Å². The minimum absolute atomic E-state index is 0.0148. The molecule has 3 aromatic rings. The number of carbonyl (C=O) groups excluding carboxylic acids is 2. The van der Waals surface area contributed by atoms with Crippen LogP contribution in [0, 0.1) is 5.92 Å². The minimum atomic E-state index is -3.91. The van der Waals surface area contributed by atoms with Crippen LogP contribution < -0.4 is 21.1 Å². The third-order valence-electron chi connectivity index (χ3n) is 5.35. The van der Waals surface area contributed by atoms with Crippen molar-refractivity contribution in [2.45, 2.75) is 31.8 Å². The molecule has 0 fully saturated rings. The summed E-state index contributed by atoms with van der Waals surface area (Å²) in [5.74, 6) is -1.28. The number of primary sulfonamides is 1. The first-order chi connectivity index (χ1) is 16.6. The van der Waals surface area contributed by atoms with Crippen molar-refractivity contribution in [1.29, 1.82) is 0 Å². The number of rotatable bonds is 8. The first kappa shape index (κ1) is 26.1. The zero-order valence-corrected chi connectivity index (χ0v) is 20.6. The van der Waals surface area contributed by atoms with Gasteiger partial charge in [0.1, 0.15) is 0 Å². The Morgan fingerprint density at radius 3 is 2.23 bits per heavy atom. The van der Waals surface area contributed by atoms with Gasteiger partial charge < -0.3 is 16.0 Å². The van der Waals surface area contributed by atoms with Gasteiger partial charge >= 0.3 is 11.8 Å². The molecule has 2 amide bonds. The van der Waals surface area contributed by atoms with E-state index in [0.29, 0.717) is 29.9 Å². The first-order valence-corrected chi connectivity index (χ1v) is 12.7. The molecular weight excluding hydrogens is 464 g/mol. The van der Waals surface area contributed by atoms with Crippen molar-refractivity contribution in [3.8, 4) is 11.1 Å². The van der Waals surface area contributed by atoms with E-state index in [0.717, 1.165) is 11.1 Å². The lowest BCUT2D eigenvalue weighted by atomic mass is 10.0. The van der Waals surface area contributed by atoms with Gasteiger partial charge in [0.25, 0.3) is 0 Å². The topological polar surface area (TPSA) is 136 Å². The van der Waals surface area contributed by atoms with E-state index in [1.54, 1.807) is 42.5 Å². The Morgan fingerprint density at radius 1 is 0.943 bits per heavy atom. The fourth-order valence-electron chi connectivity index (χ4n) is 3.69. The van der Waals surface area contributed by atoms with Crippen molar-refractivity contribution in [2.75, 3.05) is 11.4 Å². The van der Waals surface area contributed by atoms with Gasteiger partial charge in [0.15, 0.2) is 0 Å². The van der Waals surface area contributed by atoms with Gasteiger partial charge in [-0.2, -0.15) is 0 Å². The average molecular weight is 495 g/mol. The highest BCUT2D eigenvalue weighted by atomic mass is 32.2. The fourth-order valence-corrected chi connectivity index (χ4v) is 4.45. The maximum atomic E-state index is 13.1. The number of nitrogens with zero attached hydrogens (tertiary/aromatic N) is 1. The monoisotopic (exact) mass is 494 g/mol. The van der Waals surface area contributed by atoms with Crippen molar-refractivity contribution >= 4 is 27.5 Å². The van der Waals surface area contributed by atoms with Crippen LogP contribution in [0.25, 0.3) is 11.1 Å². The lowest BCUT2D eigenvalue weighted by Gasteiger charge is -2.24. The highest BCUT2D eigenvalue weighted by Gasteiger charge is 2.24. The second kappa shape index (κ2) is 11.3. The molecule has 184 valence electrons. The molecule has 8 nitrogen and oxygen atoms in total. The number of benzene rings is 3. The van der Waals surface area contributed by atoms with E-state index in [1.165, 1.54) is 11.0 Å². The van der Waals surface area contributed by atoms with E-state index in [2.05, 4.69) is 5.32 Å². The van der Waals surface area contributed by atoms with Gasteiger partial charge in [-0.15, -0.1) is 0 Å². The fraction of sp³-hybridized carbons (Fsp3) is 0.231. The largest absolute Gasteiger partial charge is 0.344 e. The predicted octanol–water partition coefficient (Wildman–Crippen LogP) is 2.77. The minimum Gasteiger partial charge on any atom is -0.344 e. The number of nitrogens with one attached hydrogen (secondary N) is 1. The van der Waals surface area contributed by atoms with Crippen molar-refractivity contribution in [2.24, 2.45) is 16.8 Å². The molecule has 0 heterocycles. The summed E-state index contributed by atoms with van der Waals surface area (Å²) in [4.78, 5) is 27.2. The third kappa shape index (κ3) is 6.75. The Bertz CT molecular complexity index is 1300. The van der Waals surface area contributed by atoms with Crippen LogP contribution >= 0.6 is 0 Å². The third-order valence-corrected chi connectivity index (χ3v) is 6.32. The lowest BCUT2D eigenvalue weighted by molar-refractivity contribution is -0.137. The lowest BCUT2D eigenvalue weighted by Crippen LogP contribution is -2.44. The van der Waals surface area contributed by atoms with Crippen molar-refractivity contribution in [3.63, 3.8) is 0 Å². The van der Waals surface area contributed by atoms with E-state index in [1.807, 2.05) is 38.1 Å². The summed E-state index contributed by atoms with van der Waals surface area (Å²) in [6, 6.07) is 20.7. The molecule has 3 rings (SSSR count). The summed E-state index contributed by atoms with van der Waals surface area (Å²) in [6.07, 6.45) is 0. The summed E-state index contributed by atoms with van der Waals surface area (Å²) in [5, 5.41) is 8.04. The Balaban J connectivity index is 1.81. The highest BCUT2D eigenvalue weighted by Crippen LogP contribution is 2.28. The summed E-state index contributed by atoms with van der Waals surface area (Å²) < 4.78 is 23.9. The Labute approximate surface area is 206 Å². The second-order valence-corrected chi connectivity index (χ2v) is 10.1. The second-order valence-electron chi connectivity index (χ2n) is 8.60. The predicted molar refractivity (Wildman–Crippen MR) is 137 cm³/mol. The molecule has 0 saturated heterocycles. The zero-order chi connectivity index (χ0) is 25.6. The molecule has 3 aromatic carbocycles. The molecule has 0 atom stereocenters. The summed E-state index contributed by atoms with van der Waals surface area (Å²) >= 11 is 0. The average Bonchev–Trinajstić information content (AvgIpc) is 2.85. The molecule has 0 aliphatic rings. The number of amides is 2. The number of anilines is 1. The molecule has 0 saturated carbocycles. The van der Waals surface area contributed by atoms with Crippen LogP contribution in [-0.2, 0) is 32.7 Å². The van der Waals surface area contributed by atoms with Crippen LogP contribution in [0.1, 0.15) is 25.0 Å². The molecule has 35 heavy (non-hydrogen) atoms. The zero-order valence-electron chi connectivity index (χ0n) is 19.8. The summed E-state index contributed by atoms with van der Waals surface area (Å²) in [5.41, 5.74) is 9.07. The molecule has 0 unspecified atom stereocenters. The van der Waals surface area contributed by atoms with Crippen LogP contribution in [0.2, 0.25) is 0 Å². The highest BCUT2D eigenvalue weighted by molar-refractivity contribution is 7.89. The quantitative estimate of drug-likeness (QED) is 0.414. The number of carbonyl (C=O) groups is 2. The maximum Gasteiger partial charge on any atom is 0.316 e. The number of sulfonamides is 1. The molecule has 0 radical (unpaired) electrons. The van der Waals surface area contributed by atoms with E-state index in [-0.39, 0.29) is 17.4 Å². The molecule has 0 aliphatic carbocycles. The normalized spacial score (nSPS) is 11.3. The van der Waals surface area contributed by atoms with E-state index >= 15 is 0 Å². The molecule has 0 spiro atoms. The van der Waals surface area contributed by atoms with Gasteiger partial charge in [0.2, 0.25) is 10.0 Å².